The molecule has 1 saturated heterocycles. The summed E-state index contributed by atoms with van der Waals surface area (Å²) >= 11 is 5.35. The molecule has 1 unspecified atom stereocenters. The fraction of sp³-hybridized carbons (Fsp3) is 0.500. The van der Waals surface area contributed by atoms with Crippen LogP contribution in [0.1, 0.15) is 31.7 Å². The molecule has 0 saturated carbocycles. The molecule has 150 valence electrons. The molecule has 2 heterocycles. The summed E-state index contributed by atoms with van der Waals surface area (Å²) in [6.07, 6.45) is 1.89. The van der Waals surface area contributed by atoms with Crippen LogP contribution in [0.2, 0.25) is 0 Å². The average Bonchev–Trinajstić information content (AvgIpc) is 3.07. The summed E-state index contributed by atoms with van der Waals surface area (Å²) < 4.78 is 7.46. The van der Waals surface area contributed by atoms with E-state index in [1.807, 2.05) is 35.8 Å². The number of piperidine rings is 1. The highest BCUT2D eigenvalue weighted by Crippen LogP contribution is 2.21. The summed E-state index contributed by atoms with van der Waals surface area (Å²) in [5.74, 6) is 0.312. The smallest absolute Gasteiger partial charge is 0.310 e. The lowest BCUT2D eigenvalue weighted by atomic mass is 9.98. The van der Waals surface area contributed by atoms with E-state index in [4.69, 9.17) is 17.0 Å². The van der Waals surface area contributed by atoms with Crippen molar-refractivity contribution >= 4 is 24.1 Å². The number of H-pyrrole nitrogens is 1. The summed E-state index contributed by atoms with van der Waals surface area (Å²) in [5.41, 5.74) is 2.09. The van der Waals surface area contributed by atoms with Crippen LogP contribution in [0.4, 0.5) is 0 Å². The lowest BCUT2D eigenvalue weighted by Gasteiger charge is -2.31. The minimum absolute atomic E-state index is 0.0206. The molecule has 1 amide bonds. The molecule has 0 bridgehead atoms. The van der Waals surface area contributed by atoms with Gasteiger partial charge in [0.2, 0.25) is 5.91 Å². The Morgan fingerprint density at radius 2 is 2.21 bits per heavy atom. The van der Waals surface area contributed by atoms with Gasteiger partial charge in [-0.25, -0.2) is 0 Å². The first kappa shape index (κ1) is 20.3. The van der Waals surface area contributed by atoms with Crippen molar-refractivity contribution in [2.75, 3.05) is 19.7 Å². The van der Waals surface area contributed by atoms with Crippen molar-refractivity contribution in [3.05, 3.63) is 34.6 Å². The molecule has 8 heteroatoms. The van der Waals surface area contributed by atoms with Crippen LogP contribution in [0.25, 0.3) is 11.4 Å². The number of hydrogen-bond donors (Lipinski definition) is 1. The van der Waals surface area contributed by atoms with Gasteiger partial charge in [-0.2, -0.15) is 5.10 Å². The summed E-state index contributed by atoms with van der Waals surface area (Å²) in [6.45, 7) is 5.73. The minimum Gasteiger partial charge on any atom is -0.466 e. The lowest BCUT2D eigenvalue weighted by Crippen LogP contribution is -2.43. The maximum atomic E-state index is 12.7. The normalized spacial score (nSPS) is 16.8. The van der Waals surface area contributed by atoms with Gasteiger partial charge in [-0.15, -0.1) is 0 Å². The Morgan fingerprint density at radius 1 is 1.39 bits per heavy atom. The van der Waals surface area contributed by atoms with Gasteiger partial charge in [-0.05, 0) is 45.0 Å². The molecule has 1 N–H and O–H groups in total. The van der Waals surface area contributed by atoms with Crippen molar-refractivity contribution in [2.45, 2.75) is 39.7 Å². The van der Waals surface area contributed by atoms with Crippen molar-refractivity contribution < 1.29 is 14.3 Å². The van der Waals surface area contributed by atoms with E-state index in [-0.39, 0.29) is 17.8 Å². The first-order valence-electron chi connectivity index (χ1n) is 9.66. The number of rotatable bonds is 6. The number of carbonyl (C=O) groups excluding carboxylic acids is 2. The largest absolute Gasteiger partial charge is 0.466 e. The van der Waals surface area contributed by atoms with Gasteiger partial charge >= 0.3 is 5.97 Å². The predicted molar refractivity (Wildman–Crippen MR) is 108 cm³/mol. The minimum atomic E-state index is -0.225. The van der Waals surface area contributed by atoms with Crippen LogP contribution in [0, 0.1) is 17.6 Å². The zero-order chi connectivity index (χ0) is 20.1. The van der Waals surface area contributed by atoms with Gasteiger partial charge < -0.3 is 9.64 Å². The van der Waals surface area contributed by atoms with Gasteiger partial charge in [-0.1, -0.05) is 23.8 Å². The van der Waals surface area contributed by atoms with E-state index in [1.165, 1.54) is 0 Å². The average molecular weight is 403 g/mol. The molecule has 0 aliphatic carbocycles. The maximum absolute atomic E-state index is 12.7. The van der Waals surface area contributed by atoms with Crippen molar-refractivity contribution in [2.24, 2.45) is 5.92 Å². The van der Waals surface area contributed by atoms with Gasteiger partial charge in [0.15, 0.2) is 10.6 Å². The van der Waals surface area contributed by atoms with E-state index in [0.717, 1.165) is 29.8 Å². The highest BCUT2D eigenvalue weighted by atomic mass is 32.1. The Balaban J connectivity index is 1.66. The third kappa shape index (κ3) is 4.67. The van der Waals surface area contributed by atoms with Gasteiger partial charge in [0.1, 0.15) is 0 Å². The van der Waals surface area contributed by atoms with Crippen LogP contribution < -0.4 is 0 Å². The number of nitrogens with zero attached hydrogens (tertiary/aromatic N) is 3. The fourth-order valence-electron chi connectivity index (χ4n) is 3.55. The van der Waals surface area contributed by atoms with Crippen LogP contribution in [-0.4, -0.2) is 51.2 Å². The number of aromatic nitrogens is 3. The van der Waals surface area contributed by atoms with Crippen LogP contribution in [0.3, 0.4) is 0 Å². The molecular formula is C20H26N4O3S. The Kier molecular flexibility index (Phi) is 6.61. The number of benzene rings is 1. The highest BCUT2D eigenvalue weighted by Gasteiger charge is 2.29. The molecule has 0 spiro atoms. The Bertz CT molecular complexity index is 905. The highest BCUT2D eigenvalue weighted by molar-refractivity contribution is 7.71. The molecule has 1 atom stereocenters. The number of amides is 1. The van der Waals surface area contributed by atoms with E-state index in [1.54, 1.807) is 11.8 Å². The third-order valence-corrected chi connectivity index (χ3v) is 5.29. The molecule has 1 aliphatic heterocycles. The van der Waals surface area contributed by atoms with Gasteiger partial charge in [0.25, 0.3) is 0 Å². The lowest BCUT2D eigenvalue weighted by molar-refractivity contribution is -0.151. The second-order valence-electron chi connectivity index (χ2n) is 7.05. The molecule has 1 aliphatic rings. The second-order valence-corrected chi connectivity index (χ2v) is 7.44. The molecule has 1 fully saturated rings. The maximum Gasteiger partial charge on any atom is 0.310 e. The summed E-state index contributed by atoms with van der Waals surface area (Å²) in [7, 11) is 0. The van der Waals surface area contributed by atoms with Crippen molar-refractivity contribution in [3.8, 4) is 11.4 Å². The number of likely N-dealkylation sites (tertiary alicyclic amines) is 1. The number of carbonyl (C=O) groups is 2. The van der Waals surface area contributed by atoms with E-state index in [2.05, 4.69) is 10.2 Å². The van der Waals surface area contributed by atoms with Crippen molar-refractivity contribution in [1.82, 2.24) is 19.7 Å². The van der Waals surface area contributed by atoms with E-state index in [9.17, 15) is 9.59 Å². The molecule has 2 aromatic rings. The van der Waals surface area contributed by atoms with E-state index < -0.39 is 0 Å². The third-order valence-electron chi connectivity index (χ3n) is 4.98. The molecule has 3 rings (SSSR count). The molecule has 1 aromatic carbocycles. The predicted octanol–water partition coefficient (Wildman–Crippen LogP) is 3.11. The SMILES string of the molecule is CCOC(=O)C1CCCN(C(=O)CCn2c(-c3cccc(C)c3)n[nH]c2=S)C1. The van der Waals surface area contributed by atoms with E-state index in [0.29, 0.717) is 37.4 Å². The van der Waals surface area contributed by atoms with Crippen molar-refractivity contribution in [3.63, 3.8) is 0 Å². The Morgan fingerprint density at radius 3 is 2.96 bits per heavy atom. The molecule has 1 aromatic heterocycles. The van der Waals surface area contributed by atoms with Crippen molar-refractivity contribution in [1.29, 1.82) is 0 Å². The summed E-state index contributed by atoms with van der Waals surface area (Å²) in [4.78, 5) is 26.5. The second kappa shape index (κ2) is 9.14. The zero-order valence-corrected chi connectivity index (χ0v) is 17.1. The van der Waals surface area contributed by atoms with Gasteiger partial charge in [-0.3, -0.25) is 19.3 Å². The molecule has 28 heavy (non-hydrogen) atoms. The summed E-state index contributed by atoms with van der Waals surface area (Å²) in [6, 6.07) is 8.01. The number of aryl methyl sites for hydroxylation is 1. The van der Waals surface area contributed by atoms with Crippen LogP contribution in [0.5, 0.6) is 0 Å². The number of nitrogens with one attached hydrogen (secondary N) is 1. The van der Waals surface area contributed by atoms with Crippen LogP contribution >= 0.6 is 12.2 Å². The van der Waals surface area contributed by atoms with Gasteiger partial charge in [0.05, 0.1) is 12.5 Å². The Hall–Kier alpha value is -2.48. The molecular weight excluding hydrogens is 376 g/mol. The monoisotopic (exact) mass is 402 g/mol. The molecule has 0 radical (unpaired) electrons. The number of ether oxygens (including phenoxy) is 1. The van der Waals surface area contributed by atoms with Crippen LogP contribution in [0.15, 0.2) is 24.3 Å². The number of aromatic amines is 1. The first-order chi connectivity index (χ1) is 13.5. The standard InChI is InChI=1S/C20H26N4O3S/c1-3-27-19(26)16-8-5-10-23(13-16)17(25)9-11-24-18(21-22-20(24)28)15-7-4-6-14(2)12-15/h4,6-7,12,16H,3,5,8-11,13H2,1-2H3,(H,22,28). The van der Waals surface area contributed by atoms with Crippen LogP contribution in [-0.2, 0) is 20.9 Å². The number of esters is 1. The van der Waals surface area contributed by atoms with E-state index >= 15 is 0 Å². The quantitative estimate of drug-likeness (QED) is 0.593. The number of hydrogen-bond acceptors (Lipinski definition) is 5. The Labute approximate surface area is 169 Å². The van der Waals surface area contributed by atoms with Gasteiger partial charge in [0, 0.05) is 31.6 Å². The zero-order valence-electron chi connectivity index (χ0n) is 16.3. The molecule has 7 nitrogen and oxygen atoms in total. The first-order valence-corrected chi connectivity index (χ1v) is 10.1. The topological polar surface area (TPSA) is 80.2 Å². The summed E-state index contributed by atoms with van der Waals surface area (Å²) in [5, 5.41) is 7.16. The fourth-order valence-corrected chi connectivity index (χ4v) is 3.77.